The van der Waals surface area contributed by atoms with Crippen LogP contribution < -0.4 is 19.5 Å². The maximum Gasteiger partial charge on any atom is 0.224 e. The zero-order valence-corrected chi connectivity index (χ0v) is 14.7. The molecule has 0 saturated carbocycles. The molecule has 0 fully saturated rings. The Morgan fingerprint density at radius 3 is 2.36 bits per heavy atom. The molecule has 0 heterocycles. The molecule has 0 aliphatic carbocycles. The van der Waals surface area contributed by atoms with Gasteiger partial charge in [-0.1, -0.05) is 6.07 Å². The molecule has 0 radical (unpaired) electrons. The third-order valence-corrected chi connectivity index (χ3v) is 3.78. The number of nitrogens with one attached hydrogen (secondary N) is 1. The topological polar surface area (TPSA) is 77.0 Å². The highest BCUT2D eigenvalue weighted by Crippen LogP contribution is 2.29. The van der Waals surface area contributed by atoms with Gasteiger partial charge in [-0.3, -0.25) is 4.79 Å². The number of hydrogen-bond donors (Lipinski definition) is 2. The Kier molecular flexibility index (Phi) is 6.51. The Morgan fingerprint density at radius 1 is 0.960 bits per heavy atom. The van der Waals surface area contributed by atoms with Gasteiger partial charge in [0.1, 0.15) is 0 Å². The summed E-state index contributed by atoms with van der Waals surface area (Å²) < 4.78 is 15.5. The number of methoxy groups -OCH3 is 3. The Balaban J connectivity index is 1.86. The van der Waals surface area contributed by atoms with Crippen LogP contribution in [0.2, 0.25) is 0 Å². The third kappa shape index (κ3) is 5.04. The highest BCUT2D eigenvalue weighted by atomic mass is 16.5. The van der Waals surface area contributed by atoms with Crippen LogP contribution in [0.3, 0.4) is 0 Å². The molecule has 0 saturated heterocycles. The number of ether oxygens (including phenoxy) is 3. The van der Waals surface area contributed by atoms with Gasteiger partial charge in [-0.25, -0.2) is 0 Å². The van der Waals surface area contributed by atoms with Gasteiger partial charge in [0.2, 0.25) is 5.91 Å². The van der Waals surface area contributed by atoms with Gasteiger partial charge in [0.25, 0.3) is 0 Å². The lowest BCUT2D eigenvalue weighted by Gasteiger charge is -2.10. The van der Waals surface area contributed by atoms with Crippen LogP contribution in [0, 0.1) is 0 Å². The first kappa shape index (κ1) is 18.4. The highest BCUT2D eigenvalue weighted by Gasteiger charge is 2.08. The number of phenols is 1. The summed E-state index contributed by atoms with van der Waals surface area (Å²) in [7, 11) is 4.66. The molecule has 0 aliphatic rings. The second-order valence-corrected chi connectivity index (χ2v) is 5.48. The van der Waals surface area contributed by atoms with Crippen LogP contribution in [0.25, 0.3) is 0 Å². The van der Waals surface area contributed by atoms with Crippen LogP contribution in [-0.2, 0) is 11.2 Å². The van der Waals surface area contributed by atoms with Gasteiger partial charge in [-0.15, -0.1) is 0 Å². The number of aryl methyl sites for hydroxylation is 1. The average Bonchev–Trinajstić information content (AvgIpc) is 2.63. The molecule has 0 spiro atoms. The van der Waals surface area contributed by atoms with Crippen LogP contribution in [-0.4, -0.2) is 32.3 Å². The molecule has 134 valence electrons. The van der Waals surface area contributed by atoms with Crippen LogP contribution in [0.4, 0.5) is 5.69 Å². The summed E-state index contributed by atoms with van der Waals surface area (Å²) in [5, 5.41) is 12.4. The highest BCUT2D eigenvalue weighted by molar-refractivity contribution is 5.91. The summed E-state index contributed by atoms with van der Waals surface area (Å²) >= 11 is 0. The normalized spacial score (nSPS) is 10.2. The summed E-state index contributed by atoms with van der Waals surface area (Å²) in [5.41, 5.74) is 1.67. The SMILES string of the molecule is COc1cc(NC(=O)CCCc2ccc(OC)c(OC)c2)ccc1O. The Hall–Kier alpha value is -2.89. The first-order valence-corrected chi connectivity index (χ1v) is 7.95. The van der Waals surface area contributed by atoms with E-state index in [1.807, 2.05) is 18.2 Å². The molecular weight excluding hydrogens is 322 g/mol. The Morgan fingerprint density at radius 2 is 1.68 bits per heavy atom. The number of carbonyl (C=O) groups excluding carboxylic acids is 1. The molecule has 25 heavy (non-hydrogen) atoms. The molecule has 6 nitrogen and oxygen atoms in total. The molecule has 2 aromatic carbocycles. The summed E-state index contributed by atoms with van der Waals surface area (Å²) in [6.07, 6.45) is 1.85. The smallest absolute Gasteiger partial charge is 0.224 e. The number of amides is 1. The lowest BCUT2D eigenvalue weighted by Crippen LogP contribution is -2.11. The molecule has 6 heteroatoms. The number of benzene rings is 2. The number of rotatable bonds is 8. The van der Waals surface area contributed by atoms with Crippen molar-refractivity contribution >= 4 is 11.6 Å². The van der Waals surface area contributed by atoms with E-state index in [0.29, 0.717) is 35.8 Å². The monoisotopic (exact) mass is 345 g/mol. The van der Waals surface area contributed by atoms with Crippen molar-refractivity contribution in [1.29, 1.82) is 0 Å². The van der Waals surface area contributed by atoms with E-state index in [4.69, 9.17) is 14.2 Å². The standard InChI is InChI=1S/C19H23NO5/c1-23-16-10-7-13(11-18(16)25-3)5-4-6-19(22)20-14-8-9-15(21)17(12-14)24-2/h7-12,21H,4-6H2,1-3H3,(H,20,22). The van der Waals surface area contributed by atoms with Gasteiger partial charge in [0.15, 0.2) is 23.0 Å². The first-order valence-electron chi connectivity index (χ1n) is 7.95. The molecule has 2 N–H and O–H groups in total. The molecule has 0 aliphatic heterocycles. The molecule has 0 unspecified atom stereocenters. The van der Waals surface area contributed by atoms with E-state index in [-0.39, 0.29) is 11.7 Å². The molecule has 1 amide bonds. The maximum atomic E-state index is 12.1. The lowest BCUT2D eigenvalue weighted by molar-refractivity contribution is -0.116. The number of carbonyl (C=O) groups is 1. The lowest BCUT2D eigenvalue weighted by atomic mass is 10.1. The Bertz CT molecular complexity index is 730. The number of phenolic OH excluding ortho intramolecular Hbond substituents is 1. The van der Waals surface area contributed by atoms with Crippen LogP contribution in [0.15, 0.2) is 36.4 Å². The summed E-state index contributed by atoms with van der Waals surface area (Å²) in [4.78, 5) is 12.1. The van der Waals surface area contributed by atoms with E-state index in [9.17, 15) is 9.90 Å². The molecular formula is C19H23NO5. The number of hydrogen-bond acceptors (Lipinski definition) is 5. The van der Waals surface area contributed by atoms with Crippen molar-refractivity contribution in [2.45, 2.75) is 19.3 Å². The van der Waals surface area contributed by atoms with E-state index < -0.39 is 0 Å². The second kappa shape index (κ2) is 8.82. The van der Waals surface area contributed by atoms with E-state index in [0.717, 1.165) is 12.0 Å². The number of anilines is 1. The van der Waals surface area contributed by atoms with E-state index >= 15 is 0 Å². The quantitative estimate of drug-likeness (QED) is 0.717. The van der Waals surface area contributed by atoms with Crippen LogP contribution in [0.5, 0.6) is 23.0 Å². The van der Waals surface area contributed by atoms with E-state index in [2.05, 4.69) is 5.32 Å². The van der Waals surface area contributed by atoms with E-state index in [1.54, 1.807) is 26.4 Å². The molecule has 2 aromatic rings. The van der Waals surface area contributed by atoms with Crippen molar-refractivity contribution in [2.24, 2.45) is 0 Å². The first-order chi connectivity index (χ1) is 12.1. The zero-order chi connectivity index (χ0) is 18.2. The van der Waals surface area contributed by atoms with Crippen molar-refractivity contribution < 1.29 is 24.1 Å². The molecule has 0 atom stereocenters. The molecule has 2 rings (SSSR count). The minimum Gasteiger partial charge on any atom is -0.504 e. The zero-order valence-electron chi connectivity index (χ0n) is 14.7. The fourth-order valence-electron chi connectivity index (χ4n) is 2.47. The number of aromatic hydroxyl groups is 1. The fraction of sp³-hybridized carbons (Fsp3) is 0.316. The predicted molar refractivity (Wildman–Crippen MR) is 95.8 cm³/mol. The van der Waals surface area contributed by atoms with E-state index in [1.165, 1.54) is 13.2 Å². The van der Waals surface area contributed by atoms with Gasteiger partial charge >= 0.3 is 0 Å². The minimum atomic E-state index is -0.0896. The van der Waals surface area contributed by atoms with Gasteiger partial charge in [-0.05, 0) is 42.7 Å². The summed E-state index contributed by atoms with van der Waals surface area (Å²) in [6.45, 7) is 0. The van der Waals surface area contributed by atoms with Crippen molar-refractivity contribution in [2.75, 3.05) is 26.6 Å². The average molecular weight is 345 g/mol. The van der Waals surface area contributed by atoms with Crippen molar-refractivity contribution in [1.82, 2.24) is 0 Å². The summed E-state index contributed by atoms with van der Waals surface area (Å²) in [5.74, 6) is 1.64. The largest absolute Gasteiger partial charge is 0.504 e. The van der Waals surface area contributed by atoms with Crippen molar-refractivity contribution in [3.63, 3.8) is 0 Å². The fourth-order valence-corrected chi connectivity index (χ4v) is 2.47. The summed E-state index contributed by atoms with van der Waals surface area (Å²) in [6, 6.07) is 10.4. The minimum absolute atomic E-state index is 0.0361. The molecule has 0 aromatic heterocycles. The maximum absolute atomic E-state index is 12.1. The van der Waals surface area contributed by atoms with Crippen molar-refractivity contribution in [3.05, 3.63) is 42.0 Å². The van der Waals surface area contributed by atoms with Gasteiger partial charge in [-0.2, -0.15) is 0 Å². The second-order valence-electron chi connectivity index (χ2n) is 5.48. The van der Waals surface area contributed by atoms with Gasteiger partial charge in [0.05, 0.1) is 21.3 Å². The van der Waals surface area contributed by atoms with Gasteiger partial charge < -0.3 is 24.6 Å². The third-order valence-electron chi connectivity index (χ3n) is 3.78. The van der Waals surface area contributed by atoms with Gasteiger partial charge in [0, 0.05) is 18.2 Å². The Labute approximate surface area is 147 Å². The molecule has 0 bridgehead atoms. The van der Waals surface area contributed by atoms with Crippen LogP contribution in [0.1, 0.15) is 18.4 Å². The van der Waals surface area contributed by atoms with Crippen molar-refractivity contribution in [3.8, 4) is 23.0 Å². The van der Waals surface area contributed by atoms with Crippen LogP contribution >= 0.6 is 0 Å². The predicted octanol–water partition coefficient (Wildman–Crippen LogP) is 3.38.